The molecule has 0 bridgehead atoms. The largest absolute Gasteiger partial charge is 0.481 e. The molecule has 0 saturated carbocycles. The van der Waals surface area contributed by atoms with E-state index in [9.17, 15) is 9.90 Å². The summed E-state index contributed by atoms with van der Waals surface area (Å²) in [6, 6.07) is 3.64. The number of hydrogen-bond donors (Lipinski definition) is 1. The number of hydrogen-bond acceptors (Lipinski definition) is 3. The Bertz CT molecular complexity index is 599. The van der Waals surface area contributed by atoms with Crippen molar-refractivity contribution in [2.75, 3.05) is 0 Å². The van der Waals surface area contributed by atoms with Crippen LogP contribution in [-0.4, -0.2) is 25.7 Å². The SMILES string of the molecule is Cc1cc(C)n2nc(C(C)(C)C(=O)O)cc2n1. The molecule has 0 aromatic carbocycles. The van der Waals surface area contributed by atoms with Gasteiger partial charge >= 0.3 is 5.97 Å². The highest BCUT2D eigenvalue weighted by molar-refractivity contribution is 5.80. The second-order valence-corrected chi connectivity index (χ2v) is 4.77. The molecule has 5 nitrogen and oxygen atoms in total. The molecule has 2 heterocycles. The Morgan fingerprint density at radius 2 is 2.00 bits per heavy atom. The number of carboxylic acids is 1. The molecule has 0 unspecified atom stereocenters. The van der Waals surface area contributed by atoms with Gasteiger partial charge in [-0.25, -0.2) is 9.50 Å². The summed E-state index contributed by atoms with van der Waals surface area (Å²) in [7, 11) is 0. The molecule has 0 aliphatic heterocycles. The molecule has 0 amide bonds. The summed E-state index contributed by atoms with van der Waals surface area (Å²) in [4.78, 5) is 15.5. The highest BCUT2D eigenvalue weighted by Gasteiger charge is 2.32. The molecule has 2 aromatic rings. The summed E-state index contributed by atoms with van der Waals surface area (Å²) in [5, 5.41) is 13.5. The van der Waals surface area contributed by atoms with E-state index in [1.807, 2.05) is 19.9 Å². The molecule has 0 spiro atoms. The van der Waals surface area contributed by atoms with Crippen LogP contribution in [0.5, 0.6) is 0 Å². The van der Waals surface area contributed by atoms with E-state index in [0.717, 1.165) is 11.4 Å². The van der Waals surface area contributed by atoms with E-state index in [0.29, 0.717) is 11.3 Å². The maximum absolute atomic E-state index is 11.2. The number of aryl methyl sites for hydroxylation is 2. The zero-order valence-corrected chi connectivity index (χ0v) is 10.4. The van der Waals surface area contributed by atoms with Gasteiger partial charge in [0.15, 0.2) is 5.65 Å². The van der Waals surface area contributed by atoms with Crippen molar-refractivity contribution in [1.82, 2.24) is 14.6 Å². The molecule has 5 heteroatoms. The highest BCUT2D eigenvalue weighted by atomic mass is 16.4. The topological polar surface area (TPSA) is 67.5 Å². The lowest BCUT2D eigenvalue weighted by Gasteiger charge is -2.15. The van der Waals surface area contributed by atoms with Crippen molar-refractivity contribution in [3.63, 3.8) is 0 Å². The average molecular weight is 233 g/mol. The van der Waals surface area contributed by atoms with Gasteiger partial charge in [-0.05, 0) is 33.8 Å². The summed E-state index contributed by atoms with van der Waals surface area (Å²) >= 11 is 0. The Kier molecular flexibility index (Phi) is 2.41. The van der Waals surface area contributed by atoms with Crippen molar-refractivity contribution in [1.29, 1.82) is 0 Å². The molecule has 2 aromatic heterocycles. The first kappa shape index (κ1) is 11.6. The molecular formula is C12H15N3O2. The van der Waals surface area contributed by atoms with Crippen LogP contribution >= 0.6 is 0 Å². The lowest BCUT2D eigenvalue weighted by Crippen LogP contribution is -2.29. The zero-order chi connectivity index (χ0) is 12.8. The molecule has 17 heavy (non-hydrogen) atoms. The minimum atomic E-state index is -1.01. The monoisotopic (exact) mass is 233 g/mol. The smallest absolute Gasteiger partial charge is 0.315 e. The van der Waals surface area contributed by atoms with Crippen molar-refractivity contribution in [3.8, 4) is 0 Å². The van der Waals surface area contributed by atoms with Gasteiger partial charge in [0.25, 0.3) is 0 Å². The molecule has 0 radical (unpaired) electrons. The van der Waals surface area contributed by atoms with Gasteiger partial charge in [-0.15, -0.1) is 0 Å². The number of aromatic nitrogens is 3. The Morgan fingerprint density at radius 3 is 2.59 bits per heavy atom. The van der Waals surface area contributed by atoms with Gasteiger partial charge in [-0.2, -0.15) is 5.10 Å². The molecule has 0 fully saturated rings. The van der Waals surface area contributed by atoms with Crippen LogP contribution in [0.3, 0.4) is 0 Å². The van der Waals surface area contributed by atoms with E-state index in [4.69, 9.17) is 0 Å². The number of aliphatic carboxylic acids is 1. The number of nitrogens with zero attached hydrogens (tertiary/aromatic N) is 3. The van der Waals surface area contributed by atoms with E-state index >= 15 is 0 Å². The van der Waals surface area contributed by atoms with Crippen LogP contribution in [0, 0.1) is 13.8 Å². The second-order valence-electron chi connectivity index (χ2n) is 4.77. The molecule has 0 saturated heterocycles. The van der Waals surface area contributed by atoms with Gasteiger partial charge < -0.3 is 5.11 Å². The van der Waals surface area contributed by atoms with E-state index in [1.165, 1.54) is 0 Å². The number of carboxylic acid groups (broad SMARTS) is 1. The Morgan fingerprint density at radius 1 is 1.35 bits per heavy atom. The van der Waals surface area contributed by atoms with Crippen LogP contribution < -0.4 is 0 Å². The first-order valence-corrected chi connectivity index (χ1v) is 5.40. The molecule has 0 aliphatic rings. The molecular weight excluding hydrogens is 218 g/mol. The van der Waals surface area contributed by atoms with E-state index in [1.54, 1.807) is 24.4 Å². The van der Waals surface area contributed by atoms with Crippen molar-refractivity contribution >= 4 is 11.6 Å². The quantitative estimate of drug-likeness (QED) is 0.857. The van der Waals surface area contributed by atoms with Gasteiger partial charge in [-0.3, -0.25) is 4.79 Å². The van der Waals surface area contributed by atoms with Gasteiger partial charge in [0.05, 0.1) is 5.69 Å². The molecule has 0 aliphatic carbocycles. The third-order valence-corrected chi connectivity index (χ3v) is 2.91. The zero-order valence-electron chi connectivity index (χ0n) is 10.4. The summed E-state index contributed by atoms with van der Waals surface area (Å²) in [5.41, 5.74) is 2.04. The molecule has 1 N–H and O–H groups in total. The third kappa shape index (κ3) is 1.77. The minimum absolute atomic E-state index is 0.520. The van der Waals surface area contributed by atoms with Crippen LogP contribution in [0.15, 0.2) is 12.1 Å². The fraction of sp³-hybridized carbons (Fsp3) is 0.417. The van der Waals surface area contributed by atoms with E-state index in [-0.39, 0.29) is 0 Å². The van der Waals surface area contributed by atoms with Crippen molar-refractivity contribution < 1.29 is 9.90 Å². The standard InChI is InChI=1S/C12H15N3O2/c1-7-5-8(2)15-10(13-7)6-9(14-15)12(3,4)11(16)17/h5-6H,1-4H3,(H,16,17). The van der Waals surface area contributed by atoms with Crippen LogP contribution in [0.25, 0.3) is 5.65 Å². The van der Waals surface area contributed by atoms with Gasteiger partial charge in [-0.1, -0.05) is 0 Å². The van der Waals surface area contributed by atoms with Gasteiger partial charge in [0, 0.05) is 17.5 Å². The van der Waals surface area contributed by atoms with Crippen LogP contribution in [0.1, 0.15) is 30.9 Å². The maximum Gasteiger partial charge on any atom is 0.315 e. The summed E-state index contributed by atoms with van der Waals surface area (Å²) < 4.78 is 1.67. The Balaban J connectivity index is 2.67. The first-order chi connectivity index (χ1) is 7.82. The van der Waals surface area contributed by atoms with Crippen molar-refractivity contribution in [3.05, 3.63) is 29.2 Å². The lowest BCUT2D eigenvalue weighted by molar-refractivity contribution is -0.142. The number of fused-ring (bicyclic) bond motifs is 1. The molecule has 90 valence electrons. The Labute approximate surface area is 99.1 Å². The van der Waals surface area contributed by atoms with Crippen molar-refractivity contribution in [2.45, 2.75) is 33.1 Å². The van der Waals surface area contributed by atoms with Gasteiger partial charge in [0.1, 0.15) is 5.41 Å². The fourth-order valence-electron chi connectivity index (χ4n) is 1.70. The van der Waals surface area contributed by atoms with E-state index in [2.05, 4.69) is 10.1 Å². The fourth-order valence-corrected chi connectivity index (χ4v) is 1.70. The average Bonchev–Trinajstić information content (AvgIpc) is 2.61. The Hall–Kier alpha value is -1.91. The highest BCUT2D eigenvalue weighted by Crippen LogP contribution is 2.23. The predicted octanol–water partition coefficient (Wildman–Crippen LogP) is 1.71. The van der Waals surface area contributed by atoms with Crippen LogP contribution in [0.2, 0.25) is 0 Å². The minimum Gasteiger partial charge on any atom is -0.481 e. The third-order valence-electron chi connectivity index (χ3n) is 2.91. The second kappa shape index (κ2) is 3.55. The summed E-state index contributed by atoms with van der Waals surface area (Å²) in [5.74, 6) is -0.893. The predicted molar refractivity (Wildman–Crippen MR) is 63.1 cm³/mol. The number of carbonyl (C=O) groups is 1. The van der Waals surface area contributed by atoms with Crippen LogP contribution in [0.4, 0.5) is 0 Å². The maximum atomic E-state index is 11.2. The summed E-state index contributed by atoms with van der Waals surface area (Å²) in [6.45, 7) is 7.10. The summed E-state index contributed by atoms with van der Waals surface area (Å²) in [6.07, 6.45) is 0. The lowest BCUT2D eigenvalue weighted by atomic mass is 9.90. The molecule has 0 atom stereocenters. The first-order valence-electron chi connectivity index (χ1n) is 5.40. The number of rotatable bonds is 2. The van der Waals surface area contributed by atoms with Crippen LogP contribution in [-0.2, 0) is 10.2 Å². The van der Waals surface area contributed by atoms with Crippen molar-refractivity contribution in [2.24, 2.45) is 0 Å². The van der Waals surface area contributed by atoms with Gasteiger partial charge in [0.2, 0.25) is 0 Å². The van der Waals surface area contributed by atoms with E-state index < -0.39 is 11.4 Å². The molecule has 2 rings (SSSR count). The normalized spacial score (nSPS) is 12.0.